The Morgan fingerprint density at radius 3 is 2.00 bits per heavy atom. The molecule has 3 aromatic rings. The van der Waals surface area contributed by atoms with Crippen LogP contribution in [0, 0.1) is 0 Å². The summed E-state index contributed by atoms with van der Waals surface area (Å²) in [5.74, 6) is -0.108. The fourth-order valence-corrected chi connectivity index (χ4v) is 6.28. The summed E-state index contributed by atoms with van der Waals surface area (Å²) in [6.07, 6.45) is 0.377. The maximum Gasteiger partial charge on any atom is 0.219 e. The first kappa shape index (κ1) is 28.6. The minimum absolute atomic E-state index is 0.108. The summed E-state index contributed by atoms with van der Waals surface area (Å²) in [4.78, 5) is 14.9. The molecule has 0 fully saturated rings. The smallest absolute Gasteiger partial charge is 0.219 e. The number of nitrogens with zero attached hydrogens (tertiary/aromatic N) is 1. The normalized spacial score (nSPS) is 14.2. The number of hydrogen-bond donors (Lipinski definition) is 2. The molecule has 2 unspecified atom stereocenters. The maximum atomic E-state index is 13.4. The van der Waals surface area contributed by atoms with Crippen molar-refractivity contribution >= 4 is 15.7 Å². The number of rotatable bonds is 14. The average molecular weight is 523 g/mol. The number of hydrogen-bond acceptors (Lipinski definition) is 5. The van der Waals surface area contributed by atoms with Gasteiger partial charge in [0.1, 0.15) is 0 Å². The van der Waals surface area contributed by atoms with E-state index in [0.717, 1.165) is 13.0 Å². The van der Waals surface area contributed by atoms with E-state index in [0.29, 0.717) is 18.5 Å². The van der Waals surface area contributed by atoms with Gasteiger partial charge in [0.25, 0.3) is 0 Å². The van der Waals surface area contributed by atoms with Crippen LogP contribution in [0.2, 0.25) is 0 Å². The molecule has 0 spiro atoms. The molecule has 0 aromatic heterocycles. The Morgan fingerprint density at radius 1 is 0.865 bits per heavy atom. The number of amides is 1. The third kappa shape index (κ3) is 8.25. The first-order valence-electron chi connectivity index (χ1n) is 12.8. The first-order valence-corrected chi connectivity index (χ1v) is 14.4. The summed E-state index contributed by atoms with van der Waals surface area (Å²) >= 11 is 0. The van der Waals surface area contributed by atoms with Crippen LogP contribution in [0.15, 0.2) is 95.9 Å². The molecule has 2 N–H and O–H groups in total. The van der Waals surface area contributed by atoms with Crippen molar-refractivity contribution < 1.29 is 18.3 Å². The highest BCUT2D eigenvalue weighted by molar-refractivity contribution is 7.92. The highest BCUT2D eigenvalue weighted by atomic mass is 32.2. The van der Waals surface area contributed by atoms with E-state index in [1.165, 1.54) is 5.56 Å². The number of carbonyl (C=O) groups is 1. The van der Waals surface area contributed by atoms with Crippen molar-refractivity contribution in [3.8, 4) is 0 Å². The minimum Gasteiger partial charge on any atom is -0.387 e. The molecular weight excluding hydrogens is 484 g/mol. The molecule has 1 amide bonds. The first-order chi connectivity index (χ1) is 17.8. The molecule has 0 saturated carbocycles. The van der Waals surface area contributed by atoms with Gasteiger partial charge in [0, 0.05) is 25.6 Å². The van der Waals surface area contributed by atoms with Gasteiger partial charge in [0.2, 0.25) is 5.91 Å². The molecule has 0 heterocycles. The molecule has 3 atom stereocenters. The molecule has 6 nitrogen and oxygen atoms in total. The van der Waals surface area contributed by atoms with Gasteiger partial charge in [-0.3, -0.25) is 9.69 Å². The highest BCUT2D eigenvalue weighted by Crippen LogP contribution is 2.30. The zero-order valence-electron chi connectivity index (χ0n) is 21.7. The van der Waals surface area contributed by atoms with Crippen LogP contribution in [0.25, 0.3) is 0 Å². The lowest BCUT2D eigenvalue weighted by molar-refractivity contribution is -0.121. The van der Waals surface area contributed by atoms with Gasteiger partial charge < -0.3 is 10.4 Å². The SMILES string of the molecule is C[C@H](c1ccccc1)N(C)CCCNC(=O)CCCC(C(O)c1ccccc1)S(=O)(=O)c1ccccc1. The number of nitrogens with one attached hydrogen (secondary N) is 1. The molecule has 0 aliphatic rings. The van der Waals surface area contributed by atoms with E-state index in [4.69, 9.17) is 0 Å². The maximum absolute atomic E-state index is 13.4. The van der Waals surface area contributed by atoms with Gasteiger partial charge in [0.15, 0.2) is 9.84 Å². The van der Waals surface area contributed by atoms with Gasteiger partial charge >= 0.3 is 0 Å². The molecule has 3 aromatic carbocycles. The zero-order chi connectivity index (χ0) is 26.7. The molecule has 0 saturated heterocycles. The zero-order valence-corrected chi connectivity index (χ0v) is 22.5. The van der Waals surface area contributed by atoms with Gasteiger partial charge in [-0.15, -0.1) is 0 Å². The largest absolute Gasteiger partial charge is 0.387 e. The molecule has 3 rings (SSSR count). The fourth-order valence-electron chi connectivity index (χ4n) is 4.42. The van der Waals surface area contributed by atoms with Crippen LogP contribution in [-0.2, 0) is 14.6 Å². The average Bonchev–Trinajstić information content (AvgIpc) is 2.94. The third-order valence-corrected chi connectivity index (χ3v) is 9.03. The Morgan fingerprint density at radius 2 is 1.41 bits per heavy atom. The Balaban J connectivity index is 1.50. The van der Waals surface area contributed by atoms with Crippen LogP contribution in [0.3, 0.4) is 0 Å². The highest BCUT2D eigenvalue weighted by Gasteiger charge is 2.34. The second-order valence-corrected chi connectivity index (χ2v) is 11.6. The van der Waals surface area contributed by atoms with Crippen molar-refractivity contribution in [1.82, 2.24) is 10.2 Å². The number of benzene rings is 3. The third-order valence-electron chi connectivity index (χ3n) is 6.81. The second-order valence-electron chi connectivity index (χ2n) is 9.42. The summed E-state index contributed by atoms with van der Waals surface area (Å²) in [6, 6.07) is 27.6. The summed E-state index contributed by atoms with van der Waals surface area (Å²) in [5.41, 5.74) is 1.80. The van der Waals surface area contributed by atoms with Crippen molar-refractivity contribution in [3.63, 3.8) is 0 Å². The number of aliphatic hydroxyl groups excluding tert-OH is 1. The molecule has 0 aliphatic carbocycles. The topological polar surface area (TPSA) is 86.7 Å². The van der Waals surface area contributed by atoms with Crippen molar-refractivity contribution in [2.24, 2.45) is 0 Å². The molecule has 7 heteroatoms. The lowest BCUT2D eigenvalue weighted by atomic mass is 10.0. The second kappa shape index (κ2) is 14.1. The van der Waals surface area contributed by atoms with Crippen LogP contribution in [-0.4, -0.2) is 49.7 Å². The van der Waals surface area contributed by atoms with Crippen LogP contribution in [0.1, 0.15) is 55.9 Å². The Bertz CT molecular complexity index is 1190. The summed E-state index contributed by atoms with van der Waals surface area (Å²) in [6.45, 7) is 3.57. The standard InChI is InChI=1S/C30H38N2O4S/c1-24(25-14-6-3-7-15-25)32(2)23-13-22-31-29(33)21-12-20-28(30(34)26-16-8-4-9-17-26)37(35,36)27-18-10-5-11-19-27/h3-11,14-19,24,28,30,34H,12-13,20-23H2,1-2H3,(H,31,33)/t24-,28?,30?/m1/s1. The molecule has 37 heavy (non-hydrogen) atoms. The molecule has 198 valence electrons. The van der Waals surface area contributed by atoms with E-state index in [-0.39, 0.29) is 29.7 Å². The van der Waals surface area contributed by atoms with Gasteiger partial charge in [0.05, 0.1) is 16.2 Å². The van der Waals surface area contributed by atoms with Gasteiger partial charge in [-0.1, -0.05) is 78.9 Å². The lowest BCUT2D eigenvalue weighted by Crippen LogP contribution is -2.31. The van der Waals surface area contributed by atoms with E-state index in [1.54, 1.807) is 54.6 Å². The van der Waals surface area contributed by atoms with E-state index in [1.807, 2.05) is 24.3 Å². The Hall–Kier alpha value is -3.00. The van der Waals surface area contributed by atoms with E-state index in [2.05, 4.69) is 36.3 Å². The molecular formula is C30H38N2O4S. The Kier molecular flexibility index (Phi) is 10.9. The monoisotopic (exact) mass is 522 g/mol. The van der Waals surface area contributed by atoms with Crippen molar-refractivity contribution in [2.45, 2.75) is 54.9 Å². The number of sulfone groups is 1. The summed E-state index contributed by atoms with van der Waals surface area (Å²) in [5, 5.41) is 12.9. The lowest BCUT2D eigenvalue weighted by Gasteiger charge is -2.25. The summed E-state index contributed by atoms with van der Waals surface area (Å²) < 4.78 is 26.8. The molecule has 0 radical (unpaired) electrons. The van der Waals surface area contributed by atoms with Crippen molar-refractivity contribution in [3.05, 3.63) is 102 Å². The summed E-state index contributed by atoms with van der Waals surface area (Å²) in [7, 11) is -1.72. The van der Waals surface area contributed by atoms with Crippen LogP contribution < -0.4 is 5.32 Å². The van der Waals surface area contributed by atoms with Crippen molar-refractivity contribution in [2.75, 3.05) is 20.1 Å². The molecule has 0 bridgehead atoms. The predicted octanol–water partition coefficient (Wildman–Crippen LogP) is 4.93. The van der Waals surface area contributed by atoms with E-state index < -0.39 is 21.2 Å². The van der Waals surface area contributed by atoms with Crippen molar-refractivity contribution in [1.29, 1.82) is 0 Å². The molecule has 0 aliphatic heterocycles. The quantitative estimate of drug-likeness (QED) is 0.293. The number of carbonyl (C=O) groups excluding carboxylic acids is 1. The van der Waals surface area contributed by atoms with E-state index >= 15 is 0 Å². The predicted molar refractivity (Wildman–Crippen MR) is 148 cm³/mol. The van der Waals surface area contributed by atoms with Gasteiger partial charge in [-0.25, -0.2) is 8.42 Å². The van der Waals surface area contributed by atoms with Crippen LogP contribution in [0.4, 0.5) is 0 Å². The fraction of sp³-hybridized carbons (Fsp3) is 0.367. The number of aliphatic hydroxyl groups is 1. The minimum atomic E-state index is -3.80. The van der Waals surface area contributed by atoms with Gasteiger partial charge in [-0.2, -0.15) is 0 Å². The Labute approximate surface area is 221 Å². The van der Waals surface area contributed by atoms with E-state index in [9.17, 15) is 18.3 Å². The van der Waals surface area contributed by atoms with Gasteiger partial charge in [-0.05, 0) is 56.5 Å². The van der Waals surface area contributed by atoms with Crippen LogP contribution in [0.5, 0.6) is 0 Å². The van der Waals surface area contributed by atoms with Crippen LogP contribution >= 0.6 is 0 Å².